The Morgan fingerprint density at radius 2 is 1.43 bits per heavy atom. The van der Waals surface area contributed by atoms with Gasteiger partial charge in [-0.05, 0) is 36.2 Å². The van der Waals surface area contributed by atoms with Crippen LogP contribution in [0.1, 0.15) is 34.5 Å². The molecule has 0 aliphatic carbocycles. The second-order valence-electron chi connectivity index (χ2n) is 6.32. The molecule has 0 aromatic heterocycles. The highest BCUT2D eigenvalue weighted by molar-refractivity contribution is 5.92. The van der Waals surface area contributed by atoms with Gasteiger partial charge in [0.15, 0.2) is 6.10 Å². The van der Waals surface area contributed by atoms with Gasteiger partial charge in [0, 0.05) is 0 Å². The van der Waals surface area contributed by atoms with Crippen LogP contribution < -0.4 is 5.32 Å². The number of carbonyl (C=O) groups is 2. The number of hydrogen-bond acceptors (Lipinski definition) is 3. The average molecular weight is 377 g/mol. The lowest BCUT2D eigenvalue weighted by molar-refractivity contribution is -0.129. The topological polar surface area (TPSA) is 55.4 Å². The van der Waals surface area contributed by atoms with Gasteiger partial charge < -0.3 is 10.1 Å². The van der Waals surface area contributed by atoms with E-state index in [1.54, 1.807) is 0 Å². The van der Waals surface area contributed by atoms with E-state index in [1.807, 2.05) is 60.7 Å². The van der Waals surface area contributed by atoms with E-state index in [-0.39, 0.29) is 11.6 Å². The molecule has 0 saturated heterocycles. The third-order valence-corrected chi connectivity index (χ3v) is 4.27. The van der Waals surface area contributed by atoms with Crippen LogP contribution in [0.25, 0.3) is 0 Å². The predicted molar refractivity (Wildman–Crippen MR) is 104 cm³/mol. The summed E-state index contributed by atoms with van der Waals surface area (Å²) in [6.07, 6.45) is -1.04. The first-order valence-corrected chi connectivity index (χ1v) is 8.91. The smallest absolute Gasteiger partial charge is 0.339 e. The van der Waals surface area contributed by atoms with E-state index < -0.39 is 23.8 Å². The summed E-state index contributed by atoms with van der Waals surface area (Å²) in [5.74, 6) is -1.74. The lowest BCUT2D eigenvalue weighted by Crippen LogP contribution is -2.38. The molecule has 0 fully saturated rings. The molecule has 0 aliphatic rings. The van der Waals surface area contributed by atoms with Crippen LogP contribution in [0.2, 0.25) is 0 Å². The zero-order chi connectivity index (χ0) is 19.9. The quantitative estimate of drug-likeness (QED) is 0.653. The average Bonchev–Trinajstić information content (AvgIpc) is 2.73. The largest absolute Gasteiger partial charge is 0.449 e. The maximum Gasteiger partial charge on any atom is 0.339 e. The third-order valence-electron chi connectivity index (χ3n) is 4.27. The Kier molecular flexibility index (Phi) is 6.17. The molecule has 5 heteroatoms. The van der Waals surface area contributed by atoms with Crippen LogP contribution in [0.15, 0.2) is 84.9 Å². The third kappa shape index (κ3) is 4.82. The molecule has 0 spiro atoms. The van der Waals surface area contributed by atoms with Crippen molar-refractivity contribution >= 4 is 11.9 Å². The number of carbonyl (C=O) groups excluding carboxylic acids is 2. The number of ether oxygens (including phenoxy) is 1. The molecule has 4 nitrogen and oxygen atoms in total. The molecule has 1 amide bonds. The summed E-state index contributed by atoms with van der Waals surface area (Å²) >= 11 is 0. The first-order chi connectivity index (χ1) is 13.5. The van der Waals surface area contributed by atoms with Crippen LogP contribution >= 0.6 is 0 Å². The van der Waals surface area contributed by atoms with Crippen LogP contribution in [0.3, 0.4) is 0 Å². The Morgan fingerprint density at radius 1 is 0.857 bits per heavy atom. The number of nitrogens with one attached hydrogen (secondary N) is 1. The highest BCUT2D eigenvalue weighted by atomic mass is 19.1. The maximum absolute atomic E-state index is 13.3. The molecular weight excluding hydrogens is 357 g/mol. The van der Waals surface area contributed by atoms with Gasteiger partial charge in [-0.3, -0.25) is 4.79 Å². The van der Waals surface area contributed by atoms with Crippen LogP contribution in [0, 0.1) is 5.82 Å². The van der Waals surface area contributed by atoms with Gasteiger partial charge in [-0.15, -0.1) is 0 Å². The molecule has 3 rings (SSSR count). The molecule has 0 bridgehead atoms. The molecule has 3 aromatic rings. The molecule has 0 saturated carbocycles. The standard InChI is InChI=1S/C23H20FNO3/c1-16(28-23(27)19-13-8-14-20(24)15-19)22(26)25-21(17-9-4-2-5-10-17)18-11-6-3-7-12-18/h2-16,21H,1H3,(H,25,26)/t16-/m0/s1. The lowest BCUT2D eigenvalue weighted by Gasteiger charge is -2.22. The fourth-order valence-electron chi connectivity index (χ4n) is 2.81. The van der Waals surface area contributed by atoms with Gasteiger partial charge in [-0.2, -0.15) is 0 Å². The fraction of sp³-hybridized carbons (Fsp3) is 0.130. The molecule has 3 aromatic carbocycles. The first-order valence-electron chi connectivity index (χ1n) is 8.91. The molecule has 1 N–H and O–H groups in total. The molecule has 28 heavy (non-hydrogen) atoms. The number of esters is 1. The van der Waals surface area contributed by atoms with Gasteiger partial charge in [-0.25, -0.2) is 9.18 Å². The number of amides is 1. The van der Waals surface area contributed by atoms with Crippen LogP contribution in [-0.4, -0.2) is 18.0 Å². The Bertz CT molecular complexity index is 905. The second-order valence-corrected chi connectivity index (χ2v) is 6.32. The molecular formula is C23H20FNO3. The summed E-state index contributed by atoms with van der Waals surface area (Å²) in [6.45, 7) is 1.49. The molecule has 0 heterocycles. The summed E-state index contributed by atoms with van der Waals surface area (Å²) in [7, 11) is 0. The number of hydrogen-bond donors (Lipinski definition) is 1. The van der Waals surface area contributed by atoms with Crippen molar-refractivity contribution < 1.29 is 18.7 Å². The van der Waals surface area contributed by atoms with Crippen molar-refractivity contribution in [1.82, 2.24) is 5.32 Å². The minimum Gasteiger partial charge on any atom is -0.449 e. The minimum absolute atomic E-state index is 0.0577. The number of halogens is 1. The number of benzene rings is 3. The van der Waals surface area contributed by atoms with E-state index in [1.165, 1.54) is 25.1 Å². The van der Waals surface area contributed by atoms with E-state index in [4.69, 9.17) is 4.74 Å². The molecule has 0 unspecified atom stereocenters. The van der Waals surface area contributed by atoms with Crippen LogP contribution in [0.5, 0.6) is 0 Å². The SMILES string of the molecule is C[C@H](OC(=O)c1cccc(F)c1)C(=O)NC(c1ccccc1)c1ccccc1. The lowest BCUT2D eigenvalue weighted by atomic mass is 9.98. The van der Waals surface area contributed by atoms with Crippen molar-refractivity contribution in [3.8, 4) is 0 Å². The zero-order valence-electron chi connectivity index (χ0n) is 15.3. The Morgan fingerprint density at radius 3 is 1.96 bits per heavy atom. The van der Waals surface area contributed by atoms with Crippen molar-refractivity contribution in [2.24, 2.45) is 0 Å². The highest BCUT2D eigenvalue weighted by Gasteiger charge is 2.23. The fourth-order valence-corrected chi connectivity index (χ4v) is 2.81. The van der Waals surface area contributed by atoms with Crippen molar-refractivity contribution in [2.75, 3.05) is 0 Å². The summed E-state index contributed by atoms with van der Waals surface area (Å²) in [5.41, 5.74) is 1.87. The monoisotopic (exact) mass is 377 g/mol. The van der Waals surface area contributed by atoms with Crippen molar-refractivity contribution in [2.45, 2.75) is 19.1 Å². The first kappa shape index (κ1) is 19.3. The highest BCUT2D eigenvalue weighted by Crippen LogP contribution is 2.22. The molecule has 1 atom stereocenters. The van der Waals surface area contributed by atoms with Crippen molar-refractivity contribution in [3.05, 3.63) is 107 Å². The normalized spacial score (nSPS) is 11.7. The Labute approximate surface area is 163 Å². The molecule has 0 radical (unpaired) electrons. The van der Waals surface area contributed by atoms with Crippen LogP contribution in [-0.2, 0) is 9.53 Å². The zero-order valence-corrected chi connectivity index (χ0v) is 15.3. The van der Waals surface area contributed by atoms with Gasteiger partial charge in [0.25, 0.3) is 5.91 Å². The minimum atomic E-state index is -1.04. The molecule has 0 aliphatic heterocycles. The van der Waals surface area contributed by atoms with E-state index in [9.17, 15) is 14.0 Å². The summed E-state index contributed by atoms with van der Waals surface area (Å²) in [5, 5.41) is 2.93. The Balaban J connectivity index is 1.73. The van der Waals surface area contributed by atoms with E-state index in [2.05, 4.69) is 5.32 Å². The van der Waals surface area contributed by atoms with Crippen molar-refractivity contribution in [3.63, 3.8) is 0 Å². The summed E-state index contributed by atoms with van der Waals surface area (Å²) < 4.78 is 18.5. The van der Waals surface area contributed by atoms with Gasteiger partial charge in [-0.1, -0.05) is 66.7 Å². The summed E-state index contributed by atoms with van der Waals surface area (Å²) in [4.78, 5) is 24.8. The van der Waals surface area contributed by atoms with Crippen LogP contribution in [0.4, 0.5) is 4.39 Å². The van der Waals surface area contributed by atoms with Gasteiger partial charge in [0.1, 0.15) is 5.82 Å². The van der Waals surface area contributed by atoms with Crippen molar-refractivity contribution in [1.29, 1.82) is 0 Å². The number of rotatable bonds is 6. The molecule has 142 valence electrons. The van der Waals surface area contributed by atoms with Gasteiger partial charge in [0.05, 0.1) is 11.6 Å². The summed E-state index contributed by atoms with van der Waals surface area (Å²) in [6, 6.07) is 23.8. The Hall–Kier alpha value is -3.47. The van der Waals surface area contributed by atoms with E-state index >= 15 is 0 Å². The van der Waals surface area contributed by atoms with E-state index in [0.717, 1.165) is 17.2 Å². The van der Waals surface area contributed by atoms with Gasteiger partial charge in [0.2, 0.25) is 0 Å². The maximum atomic E-state index is 13.3. The van der Waals surface area contributed by atoms with Gasteiger partial charge >= 0.3 is 5.97 Å². The second kappa shape index (κ2) is 8.95. The predicted octanol–water partition coefficient (Wildman–Crippen LogP) is 4.28. The van der Waals surface area contributed by atoms with E-state index in [0.29, 0.717) is 0 Å².